The van der Waals surface area contributed by atoms with Gasteiger partial charge in [-0.05, 0) is 11.6 Å². The summed E-state index contributed by atoms with van der Waals surface area (Å²) in [5.74, 6) is 0. The molecule has 6 nitrogen and oxygen atoms in total. The van der Waals surface area contributed by atoms with Gasteiger partial charge in [-0.2, -0.15) is 0 Å². The second-order valence-electron chi connectivity index (χ2n) is 5.36. The summed E-state index contributed by atoms with van der Waals surface area (Å²) < 4.78 is 0. The van der Waals surface area contributed by atoms with Gasteiger partial charge >= 0.3 is 0 Å². The molecule has 1 atom stereocenters. The molecule has 3 rings (SSSR count). The zero-order valence-corrected chi connectivity index (χ0v) is 13.4. The number of nitrogens with zero attached hydrogens (tertiary/aromatic N) is 3. The number of para-hydroxylation sites is 1. The lowest BCUT2D eigenvalue weighted by Gasteiger charge is -2.36. The van der Waals surface area contributed by atoms with Crippen molar-refractivity contribution in [3.8, 4) is 0 Å². The highest BCUT2D eigenvalue weighted by atomic mass is 35.5. The minimum Gasteiger partial charge on any atom is -0.314 e. The molecule has 0 aliphatic carbocycles. The van der Waals surface area contributed by atoms with Crippen LogP contribution in [-0.4, -0.2) is 34.4 Å². The van der Waals surface area contributed by atoms with Crippen LogP contribution in [0.4, 0.5) is 5.69 Å². The Morgan fingerprint density at radius 1 is 1.30 bits per heavy atom. The molecule has 1 unspecified atom stereocenters. The lowest BCUT2D eigenvalue weighted by atomic mass is 10.0. The van der Waals surface area contributed by atoms with Gasteiger partial charge in [-0.25, -0.2) is 0 Å². The van der Waals surface area contributed by atoms with Crippen LogP contribution in [0.25, 0.3) is 0 Å². The third kappa shape index (κ3) is 4.04. The Labute approximate surface area is 141 Å². The number of hydrogen-bond acceptors (Lipinski definition) is 5. The minimum atomic E-state index is -0.309. The van der Waals surface area contributed by atoms with Crippen molar-refractivity contribution in [2.24, 2.45) is 0 Å². The number of hydrogen-bond donors (Lipinski definition) is 1. The van der Waals surface area contributed by atoms with Gasteiger partial charge in [0.25, 0.3) is 5.69 Å². The molecule has 0 spiro atoms. The van der Waals surface area contributed by atoms with Crippen LogP contribution in [0.1, 0.15) is 17.2 Å². The maximum atomic E-state index is 11.2. The Balaban J connectivity index is 0.00000192. The first kappa shape index (κ1) is 17.3. The first-order valence-electron chi connectivity index (χ1n) is 7.32. The first-order valence-corrected chi connectivity index (χ1v) is 7.32. The summed E-state index contributed by atoms with van der Waals surface area (Å²) in [6.07, 6.45) is 3.62. The zero-order valence-electron chi connectivity index (χ0n) is 12.6. The Morgan fingerprint density at radius 2 is 2.13 bits per heavy atom. The molecule has 1 aromatic heterocycles. The number of halogens is 1. The van der Waals surface area contributed by atoms with E-state index in [9.17, 15) is 10.1 Å². The molecule has 0 saturated carbocycles. The summed E-state index contributed by atoms with van der Waals surface area (Å²) in [7, 11) is 0. The van der Waals surface area contributed by atoms with Crippen molar-refractivity contribution in [2.45, 2.75) is 12.6 Å². The molecule has 0 amide bonds. The molecular weight excluding hydrogens is 316 g/mol. The van der Waals surface area contributed by atoms with Crippen molar-refractivity contribution < 1.29 is 4.92 Å². The smallest absolute Gasteiger partial charge is 0.273 e. The number of nitro groups is 1. The van der Waals surface area contributed by atoms with Gasteiger partial charge in [0.15, 0.2) is 0 Å². The number of benzene rings is 1. The van der Waals surface area contributed by atoms with E-state index in [1.807, 2.05) is 24.4 Å². The molecule has 1 aliphatic heterocycles. The average molecular weight is 335 g/mol. The van der Waals surface area contributed by atoms with Gasteiger partial charge in [-0.3, -0.25) is 20.0 Å². The van der Waals surface area contributed by atoms with E-state index < -0.39 is 0 Å². The molecule has 2 heterocycles. The first-order chi connectivity index (χ1) is 10.8. The fraction of sp³-hybridized carbons (Fsp3) is 0.312. The Morgan fingerprint density at radius 3 is 2.87 bits per heavy atom. The average Bonchev–Trinajstić information content (AvgIpc) is 2.56. The van der Waals surface area contributed by atoms with E-state index in [1.165, 1.54) is 0 Å². The number of nitrogens with one attached hydrogen (secondary N) is 1. The van der Waals surface area contributed by atoms with E-state index in [0.717, 1.165) is 30.8 Å². The number of aromatic nitrogens is 1. The Hall–Kier alpha value is -2.02. The van der Waals surface area contributed by atoms with Crippen LogP contribution in [-0.2, 0) is 6.54 Å². The fourth-order valence-corrected chi connectivity index (χ4v) is 2.88. The fourth-order valence-electron chi connectivity index (χ4n) is 2.88. The summed E-state index contributed by atoms with van der Waals surface area (Å²) in [6.45, 7) is 3.13. The predicted octanol–water partition coefficient (Wildman–Crippen LogP) is 2.56. The third-order valence-corrected chi connectivity index (χ3v) is 3.99. The van der Waals surface area contributed by atoms with Gasteiger partial charge in [0.2, 0.25) is 0 Å². The van der Waals surface area contributed by atoms with Gasteiger partial charge < -0.3 is 5.32 Å². The molecule has 1 N–H and O–H groups in total. The largest absolute Gasteiger partial charge is 0.314 e. The van der Waals surface area contributed by atoms with Gasteiger partial charge in [-0.1, -0.05) is 24.3 Å². The highest BCUT2D eigenvalue weighted by molar-refractivity contribution is 5.85. The van der Waals surface area contributed by atoms with Gasteiger partial charge in [-0.15, -0.1) is 12.4 Å². The summed E-state index contributed by atoms with van der Waals surface area (Å²) in [5.41, 5.74) is 2.07. The quantitative estimate of drug-likeness (QED) is 0.687. The minimum absolute atomic E-state index is 0. The van der Waals surface area contributed by atoms with Crippen molar-refractivity contribution in [1.82, 2.24) is 15.2 Å². The molecule has 7 heteroatoms. The standard InChI is InChI=1S/C16H18N4O2.ClH/c21-20(22)15-6-2-1-4-14(15)12-19-9-8-18-11-16(19)13-5-3-7-17-10-13;/h1-7,10,16,18H,8-9,11-12H2;1H. The Kier molecular flexibility index (Phi) is 6.04. The SMILES string of the molecule is Cl.O=[N+]([O-])c1ccccc1CN1CCNCC1c1cccnc1. The van der Waals surface area contributed by atoms with E-state index in [0.29, 0.717) is 6.54 Å². The Bertz CT molecular complexity index is 654. The van der Waals surface area contributed by atoms with Crippen LogP contribution >= 0.6 is 12.4 Å². The van der Waals surface area contributed by atoms with Crippen molar-refractivity contribution in [3.63, 3.8) is 0 Å². The number of piperazine rings is 1. The predicted molar refractivity (Wildman–Crippen MR) is 90.6 cm³/mol. The van der Waals surface area contributed by atoms with Crippen LogP contribution in [0.2, 0.25) is 0 Å². The van der Waals surface area contributed by atoms with Crippen molar-refractivity contribution in [3.05, 3.63) is 70.0 Å². The molecule has 0 radical (unpaired) electrons. The lowest BCUT2D eigenvalue weighted by Crippen LogP contribution is -2.45. The highest BCUT2D eigenvalue weighted by Gasteiger charge is 2.26. The molecule has 23 heavy (non-hydrogen) atoms. The van der Waals surface area contributed by atoms with Crippen molar-refractivity contribution in [1.29, 1.82) is 0 Å². The van der Waals surface area contributed by atoms with E-state index >= 15 is 0 Å². The molecule has 0 bridgehead atoms. The maximum absolute atomic E-state index is 11.2. The summed E-state index contributed by atoms with van der Waals surface area (Å²) in [5, 5.41) is 14.6. The second-order valence-corrected chi connectivity index (χ2v) is 5.36. The van der Waals surface area contributed by atoms with Crippen LogP contribution in [0.15, 0.2) is 48.8 Å². The molecule has 122 valence electrons. The lowest BCUT2D eigenvalue weighted by molar-refractivity contribution is -0.385. The normalized spacial score (nSPS) is 18.2. The summed E-state index contributed by atoms with van der Waals surface area (Å²) in [6, 6.07) is 11.1. The van der Waals surface area contributed by atoms with Crippen LogP contribution < -0.4 is 5.32 Å². The van der Waals surface area contributed by atoms with E-state index in [2.05, 4.69) is 21.3 Å². The van der Waals surface area contributed by atoms with Crippen LogP contribution in [0.5, 0.6) is 0 Å². The van der Waals surface area contributed by atoms with E-state index in [4.69, 9.17) is 0 Å². The van der Waals surface area contributed by atoms with Crippen LogP contribution in [0, 0.1) is 10.1 Å². The van der Waals surface area contributed by atoms with E-state index in [1.54, 1.807) is 18.3 Å². The number of nitro benzene ring substituents is 1. The van der Waals surface area contributed by atoms with Crippen molar-refractivity contribution >= 4 is 18.1 Å². The molecular formula is C16H19ClN4O2. The van der Waals surface area contributed by atoms with Crippen LogP contribution in [0.3, 0.4) is 0 Å². The van der Waals surface area contributed by atoms with Crippen molar-refractivity contribution in [2.75, 3.05) is 19.6 Å². The second kappa shape index (κ2) is 8.01. The highest BCUT2D eigenvalue weighted by Crippen LogP contribution is 2.26. The monoisotopic (exact) mass is 334 g/mol. The molecule has 2 aromatic rings. The summed E-state index contributed by atoms with van der Waals surface area (Å²) >= 11 is 0. The maximum Gasteiger partial charge on any atom is 0.273 e. The van der Waals surface area contributed by atoms with Gasteiger partial charge in [0.05, 0.1) is 4.92 Å². The third-order valence-electron chi connectivity index (χ3n) is 3.99. The summed E-state index contributed by atoms with van der Waals surface area (Å²) in [4.78, 5) is 17.3. The van der Waals surface area contributed by atoms with E-state index in [-0.39, 0.29) is 29.1 Å². The molecule has 1 fully saturated rings. The molecule has 1 saturated heterocycles. The molecule has 1 aliphatic rings. The zero-order chi connectivity index (χ0) is 15.4. The molecule has 1 aromatic carbocycles. The topological polar surface area (TPSA) is 71.3 Å². The number of rotatable bonds is 4. The van der Waals surface area contributed by atoms with Gasteiger partial charge in [0, 0.05) is 56.2 Å². The number of pyridine rings is 1. The van der Waals surface area contributed by atoms with Gasteiger partial charge in [0.1, 0.15) is 0 Å².